The van der Waals surface area contributed by atoms with Crippen LogP contribution in [0.3, 0.4) is 0 Å². The minimum atomic E-state index is 0.738. The van der Waals surface area contributed by atoms with Crippen molar-refractivity contribution in [1.82, 2.24) is 14.9 Å². The van der Waals surface area contributed by atoms with Crippen LogP contribution in [0.2, 0.25) is 0 Å². The molecule has 2 unspecified atom stereocenters. The van der Waals surface area contributed by atoms with Gasteiger partial charge < -0.3 is 9.64 Å². The topological polar surface area (TPSA) is 41.5 Å². The van der Waals surface area contributed by atoms with E-state index in [1.807, 2.05) is 0 Å². The Bertz CT molecular complexity index is 989. The van der Waals surface area contributed by atoms with Crippen molar-refractivity contribution in [2.24, 2.45) is 17.8 Å². The minimum absolute atomic E-state index is 0.738. The van der Waals surface area contributed by atoms with Crippen molar-refractivity contribution in [3.8, 4) is 11.1 Å². The standard InChI is InChI=1S/C23H26N4OS/c1-2-6-16(7-3-1)20-13-29-23-21(20)22(24-14-25-23)27-10-17-18(11-27)19(17)12-28-15-26-8-4-5-9-26/h1-3,6-7,13-14,17-19H,4-5,8-12,15H2. The third kappa shape index (κ3) is 3.23. The molecule has 4 heterocycles. The second-order valence-electron chi connectivity index (χ2n) is 8.61. The van der Waals surface area contributed by atoms with Gasteiger partial charge in [-0.15, -0.1) is 11.3 Å². The average molecular weight is 407 g/mol. The summed E-state index contributed by atoms with van der Waals surface area (Å²) in [4.78, 5) is 15.3. The highest BCUT2D eigenvalue weighted by Crippen LogP contribution is 2.53. The molecule has 29 heavy (non-hydrogen) atoms. The lowest BCUT2D eigenvalue weighted by atomic mass is 10.1. The van der Waals surface area contributed by atoms with Gasteiger partial charge in [-0.1, -0.05) is 30.3 Å². The molecule has 2 aromatic heterocycles. The zero-order chi connectivity index (χ0) is 19.2. The summed E-state index contributed by atoms with van der Waals surface area (Å²) in [5.41, 5.74) is 2.50. The molecule has 2 aliphatic heterocycles. The number of piperidine rings is 1. The number of benzene rings is 1. The molecule has 0 bridgehead atoms. The highest BCUT2D eigenvalue weighted by Gasteiger charge is 2.56. The molecule has 6 heteroatoms. The quantitative estimate of drug-likeness (QED) is 0.616. The van der Waals surface area contributed by atoms with Gasteiger partial charge in [0, 0.05) is 37.1 Å². The summed E-state index contributed by atoms with van der Waals surface area (Å²) in [6.07, 6.45) is 4.38. The van der Waals surface area contributed by atoms with Crippen molar-refractivity contribution in [1.29, 1.82) is 0 Å². The Labute approximate surface area is 175 Å². The number of thiophene rings is 1. The number of aromatic nitrogens is 2. The van der Waals surface area contributed by atoms with Gasteiger partial charge in [0.25, 0.3) is 0 Å². The molecule has 1 aromatic carbocycles. The van der Waals surface area contributed by atoms with Gasteiger partial charge in [0.1, 0.15) is 17.0 Å². The van der Waals surface area contributed by atoms with Crippen LogP contribution in [0.25, 0.3) is 21.3 Å². The summed E-state index contributed by atoms with van der Waals surface area (Å²) >= 11 is 1.71. The number of ether oxygens (including phenoxy) is 1. The van der Waals surface area contributed by atoms with Crippen molar-refractivity contribution in [2.45, 2.75) is 12.8 Å². The van der Waals surface area contributed by atoms with E-state index in [2.05, 4.69) is 50.5 Å². The molecule has 5 nitrogen and oxygen atoms in total. The van der Waals surface area contributed by atoms with Gasteiger partial charge in [-0.2, -0.15) is 0 Å². The van der Waals surface area contributed by atoms with Gasteiger partial charge >= 0.3 is 0 Å². The fourth-order valence-corrected chi connectivity index (χ4v) is 6.14. The fraction of sp³-hybridized carbons (Fsp3) is 0.478. The van der Waals surface area contributed by atoms with E-state index in [1.54, 1.807) is 17.7 Å². The van der Waals surface area contributed by atoms with Crippen LogP contribution >= 0.6 is 11.3 Å². The molecule has 3 fully saturated rings. The summed E-state index contributed by atoms with van der Waals surface area (Å²) in [6, 6.07) is 10.6. The highest BCUT2D eigenvalue weighted by atomic mass is 32.1. The molecule has 2 saturated heterocycles. The van der Waals surface area contributed by atoms with Crippen LogP contribution in [0.15, 0.2) is 42.0 Å². The number of hydrogen-bond donors (Lipinski definition) is 0. The molecule has 2 atom stereocenters. The summed E-state index contributed by atoms with van der Waals surface area (Å²) in [6.45, 7) is 6.35. The van der Waals surface area contributed by atoms with Crippen LogP contribution in [-0.2, 0) is 4.74 Å². The first-order valence-corrected chi connectivity index (χ1v) is 11.6. The number of nitrogens with zero attached hydrogens (tertiary/aromatic N) is 4. The molecule has 3 aromatic rings. The molecule has 3 aliphatic rings. The Balaban J connectivity index is 1.16. The number of fused-ring (bicyclic) bond motifs is 2. The first kappa shape index (κ1) is 17.8. The van der Waals surface area contributed by atoms with E-state index in [1.165, 1.54) is 42.4 Å². The molecule has 0 amide bonds. The Morgan fingerprint density at radius 2 is 1.83 bits per heavy atom. The molecule has 6 rings (SSSR count). The SMILES string of the molecule is c1ccc(-c2csc3ncnc(N4CC5C(COCN6CCCC6)C5C4)c23)cc1. The Morgan fingerprint density at radius 3 is 2.62 bits per heavy atom. The van der Waals surface area contributed by atoms with Crippen LogP contribution in [0.1, 0.15) is 12.8 Å². The molecule has 150 valence electrons. The zero-order valence-electron chi connectivity index (χ0n) is 16.5. The largest absolute Gasteiger partial charge is 0.366 e. The van der Waals surface area contributed by atoms with Crippen LogP contribution in [0.4, 0.5) is 5.82 Å². The van der Waals surface area contributed by atoms with Crippen LogP contribution < -0.4 is 4.90 Å². The van der Waals surface area contributed by atoms with Gasteiger partial charge in [0.05, 0.1) is 18.7 Å². The third-order valence-corrected chi connectivity index (χ3v) is 7.78. The average Bonchev–Trinajstić information content (AvgIpc) is 3.28. The highest BCUT2D eigenvalue weighted by molar-refractivity contribution is 7.17. The van der Waals surface area contributed by atoms with Crippen molar-refractivity contribution in [3.05, 3.63) is 42.0 Å². The second kappa shape index (κ2) is 7.35. The minimum Gasteiger partial charge on any atom is -0.366 e. The Hall–Kier alpha value is -2.02. The second-order valence-corrected chi connectivity index (χ2v) is 9.47. The smallest absolute Gasteiger partial charge is 0.141 e. The van der Waals surface area contributed by atoms with Gasteiger partial charge in [-0.05, 0) is 36.2 Å². The monoisotopic (exact) mass is 406 g/mol. The number of hydrogen-bond acceptors (Lipinski definition) is 6. The lowest BCUT2D eigenvalue weighted by molar-refractivity contribution is 0.0321. The first-order valence-electron chi connectivity index (χ1n) is 10.7. The predicted octanol–water partition coefficient (Wildman–Crippen LogP) is 4.11. The molecule has 1 aliphatic carbocycles. The molecule has 1 saturated carbocycles. The Morgan fingerprint density at radius 1 is 1.03 bits per heavy atom. The number of rotatable bonds is 6. The first-order chi connectivity index (χ1) is 14.4. The molecular formula is C23H26N4OS. The fourth-order valence-electron chi connectivity index (χ4n) is 5.23. The van der Waals surface area contributed by atoms with Crippen LogP contribution in [0, 0.1) is 17.8 Å². The summed E-state index contributed by atoms with van der Waals surface area (Å²) in [5, 5.41) is 3.44. The molecule has 0 radical (unpaired) electrons. The summed E-state index contributed by atoms with van der Waals surface area (Å²) in [5.74, 6) is 3.37. The van der Waals surface area contributed by atoms with E-state index in [0.29, 0.717) is 0 Å². The zero-order valence-corrected chi connectivity index (χ0v) is 17.4. The van der Waals surface area contributed by atoms with Crippen LogP contribution in [0.5, 0.6) is 0 Å². The van der Waals surface area contributed by atoms with Gasteiger partial charge in [0.15, 0.2) is 0 Å². The van der Waals surface area contributed by atoms with Crippen LogP contribution in [-0.4, -0.2) is 54.4 Å². The lowest BCUT2D eigenvalue weighted by Crippen LogP contribution is -2.27. The van der Waals surface area contributed by atoms with Crippen molar-refractivity contribution in [3.63, 3.8) is 0 Å². The van der Waals surface area contributed by atoms with E-state index >= 15 is 0 Å². The van der Waals surface area contributed by atoms with Crippen molar-refractivity contribution >= 4 is 27.4 Å². The maximum Gasteiger partial charge on any atom is 0.141 e. The molecule has 0 spiro atoms. The van der Waals surface area contributed by atoms with E-state index in [0.717, 1.165) is 54.8 Å². The van der Waals surface area contributed by atoms with Gasteiger partial charge in [0.2, 0.25) is 0 Å². The third-order valence-electron chi connectivity index (χ3n) is 6.89. The van der Waals surface area contributed by atoms with Crippen molar-refractivity contribution in [2.75, 3.05) is 44.4 Å². The van der Waals surface area contributed by atoms with Crippen molar-refractivity contribution < 1.29 is 4.74 Å². The Kier molecular flexibility index (Phi) is 4.51. The van der Waals surface area contributed by atoms with Gasteiger partial charge in [-0.25, -0.2) is 9.97 Å². The van der Waals surface area contributed by atoms with E-state index in [-0.39, 0.29) is 0 Å². The van der Waals surface area contributed by atoms with E-state index in [4.69, 9.17) is 9.72 Å². The summed E-state index contributed by atoms with van der Waals surface area (Å²) < 4.78 is 6.04. The van der Waals surface area contributed by atoms with Gasteiger partial charge in [-0.3, -0.25) is 4.90 Å². The normalized spacial score (nSPS) is 26.3. The maximum absolute atomic E-state index is 6.04. The summed E-state index contributed by atoms with van der Waals surface area (Å²) in [7, 11) is 0. The predicted molar refractivity (Wildman–Crippen MR) is 117 cm³/mol. The number of anilines is 1. The lowest BCUT2D eigenvalue weighted by Gasteiger charge is -2.22. The molecular weight excluding hydrogens is 380 g/mol. The van der Waals surface area contributed by atoms with E-state index < -0.39 is 0 Å². The maximum atomic E-state index is 6.04. The number of likely N-dealkylation sites (tertiary alicyclic amines) is 1. The van der Waals surface area contributed by atoms with E-state index in [9.17, 15) is 0 Å². The molecule has 0 N–H and O–H groups in total.